The molecule has 194 valence electrons. The number of hydrogen-bond acceptors (Lipinski definition) is 6. The zero-order valence-electron chi connectivity index (χ0n) is 21.8. The molecule has 0 amide bonds. The molecule has 0 bridgehead atoms. The first-order valence-corrected chi connectivity index (χ1v) is 13.9. The molecular weight excluding hydrogens is 516 g/mol. The zero-order chi connectivity index (χ0) is 27.0. The lowest BCUT2D eigenvalue weighted by Crippen LogP contribution is -2.19. The van der Waals surface area contributed by atoms with E-state index in [1.165, 1.54) is 16.9 Å². The molecular formula is C30H29ClN4O2S. The van der Waals surface area contributed by atoms with E-state index in [1.807, 2.05) is 60.9 Å². The number of aryl methyl sites for hydroxylation is 1. The number of carbonyl (C=O) groups is 2. The van der Waals surface area contributed by atoms with Gasteiger partial charge in [-0.1, -0.05) is 74.8 Å². The normalized spacial score (nSPS) is 14.3. The predicted octanol–water partition coefficient (Wildman–Crippen LogP) is 6.50. The summed E-state index contributed by atoms with van der Waals surface area (Å²) in [6.45, 7) is 8.46. The molecule has 4 aromatic rings. The third-order valence-electron chi connectivity index (χ3n) is 6.89. The Kier molecular flexibility index (Phi) is 7.41. The van der Waals surface area contributed by atoms with Crippen molar-refractivity contribution in [3.8, 4) is 5.00 Å². The minimum absolute atomic E-state index is 0.134. The van der Waals surface area contributed by atoms with Crippen LogP contribution in [0.15, 0.2) is 59.6 Å². The SMILES string of the molecule is Cc1nnc2n1-c1sc(C(C=O)C(=O)C(C)c3ccc(CC(C)C)cc3)cc1C(c1ccccc1Cl)=NC2. The molecule has 6 nitrogen and oxygen atoms in total. The molecule has 2 atom stereocenters. The summed E-state index contributed by atoms with van der Waals surface area (Å²) in [6, 6.07) is 17.6. The second-order valence-corrected chi connectivity index (χ2v) is 11.6. The average Bonchev–Trinajstić information content (AvgIpc) is 3.44. The Balaban J connectivity index is 1.54. The van der Waals surface area contributed by atoms with Crippen molar-refractivity contribution in [2.45, 2.75) is 52.5 Å². The molecule has 38 heavy (non-hydrogen) atoms. The quantitative estimate of drug-likeness (QED) is 0.187. The standard InChI is InChI=1S/C30H29ClN4O2S/c1-17(2)13-20-9-11-21(12-10-20)18(3)29(37)24(16-36)26-14-23-28(22-7-5-6-8-25(22)31)32-15-27-34-33-19(4)35(27)30(23)38-26/h5-12,14,16-18,24H,13,15H2,1-4H3. The Morgan fingerprint density at radius 2 is 1.82 bits per heavy atom. The number of hydrogen-bond donors (Lipinski definition) is 0. The maximum absolute atomic E-state index is 13.7. The second kappa shape index (κ2) is 10.8. The average molecular weight is 545 g/mol. The number of carbonyl (C=O) groups excluding carboxylic acids is 2. The van der Waals surface area contributed by atoms with Crippen LogP contribution in [-0.4, -0.2) is 32.5 Å². The lowest BCUT2D eigenvalue weighted by Gasteiger charge is -2.16. The highest BCUT2D eigenvalue weighted by Crippen LogP contribution is 2.38. The van der Waals surface area contributed by atoms with Gasteiger partial charge in [0.15, 0.2) is 11.6 Å². The Hall–Kier alpha value is -3.42. The van der Waals surface area contributed by atoms with Crippen LogP contribution in [0.25, 0.3) is 5.00 Å². The molecule has 2 unspecified atom stereocenters. The fourth-order valence-corrected chi connectivity index (χ4v) is 6.42. The maximum atomic E-state index is 13.7. The topological polar surface area (TPSA) is 77.2 Å². The van der Waals surface area contributed by atoms with Gasteiger partial charge >= 0.3 is 0 Å². The van der Waals surface area contributed by atoms with E-state index >= 15 is 0 Å². The van der Waals surface area contributed by atoms with Crippen molar-refractivity contribution in [3.63, 3.8) is 0 Å². The van der Waals surface area contributed by atoms with Crippen molar-refractivity contribution in [1.82, 2.24) is 14.8 Å². The fraction of sp³-hybridized carbons (Fsp3) is 0.300. The molecule has 0 radical (unpaired) electrons. The number of rotatable bonds is 8. The number of aliphatic imine (C=N–C) groups is 1. The van der Waals surface area contributed by atoms with Gasteiger partial charge in [-0.05, 0) is 42.5 Å². The van der Waals surface area contributed by atoms with Crippen LogP contribution in [0.1, 0.15) is 71.4 Å². The third-order valence-corrected chi connectivity index (χ3v) is 8.42. The number of aromatic nitrogens is 3. The van der Waals surface area contributed by atoms with Gasteiger partial charge in [-0.15, -0.1) is 21.5 Å². The van der Waals surface area contributed by atoms with E-state index < -0.39 is 11.8 Å². The lowest BCUT2D eigenvalue weighted by molar-refractivity contribution is -0.125. The monoisotopic (exact) mass is 544 g/mol. The number of nitrogens with zero attached hydrogens (tertiary/aromatic N) is 4. The minimum atomic E-state index is -0.898. The van der Waals surface area contributed by atoms with Gasteiger partial charge in [0.2, 0.25) is 0 Å². The Labute approximate surface area is 231 Å². The van der Waals surface area contributed by atoms with Crippen molar-refractivity contribution < 1.29 is 9.59 Å². The molecule has 8 heteroatoms. The van der Waals surface area contributed by atoms with Crippen molar-refractivity contribution in [3.05, 3.63) is 98.4 Å². The predicted molar refractivity (Wildman–Crippen MR) is 152 cm³/mol. The van der Waals surface area contributed by atoms with Crippen molar-refractivity contribution in [2.75, 3.05) is 0 Å². The van der Waals surface area contributed by atoms with E-state index in [0.29, 0.717) is 39.7 Å². The third kappa shape index (κ3) is 4.88. The van der Waals surface area contributed by atoms with Crippen LogP contribution in [0.5, 0.6) is 0 Å². The van der Waals surface area contributed by atoms with Gasteiger partial charge in [-0.25, -0.2) is 0 Å². The van der Waals surface area contributed by atoms with Crippen LogP contribution in [0.3, 0.4) is 0 Å². The molecule has 5 rings (SSSR count). The number of halogens is 1. The van der Waals surface area contributed by atoms with E-state index in [9.17, 15) is 9.59 Å². The molecule has 0 saturated heterocycles. The summed E-state index contributed by atoms with van der Waals surface area (Å²) < 4.78 is 1.96. The van der Waals surface area contributed by atoms with E-state index in [0.717, 1.165) is 34.4 Å². The Bertz CT molecular complexity index is 1530. The summed E-state index contributed by atoms with van der Waals surface area (Å²) in [7, 11) is 0. The van der Waals surface area contributed by atoms with Gasteiger partial charge in [-0.3, -0.25) is 14.4 Å². The maximum Gasteiger partial charge on any atom is 0.160 e. The number of benzene rings is 2. The van der Waals surface area contributed by atoms with Gasteiger partial charge in [-0.2, -0.15) is 0 Å². The van der Waals surface area contributed by atoms with Gasteiger partial charge in [0.25, 0.3) is 0 Å². The first kappa shape index (κ1) is 26.2. The van der Waals surface area contributed by atoms with Crippen LogP contribution in [0, 0.1) is 12.8 Å². The molecule has 3 heterocycles. The van der Waals surface area contributed by atoms with E-state index in [4.69, 9.17) is 16.6 Å². The molecule has 0 fully saturated rings. The molecule has 2 aromatic carbocycles. The van der Waals surface area contributed by atoms with Crippen molar-refractivity contribution >= 4 is 40.7 Å². The van der Waals surface area contributed by atoms with E-state index in [2.05, 4.69) is 36.2 Å². The lowest BCUT2D eigenvalue weighted by atomic mass is 9.87. The highest BCUT2D eigenvalue weighted by molar-refractivity contribution is 7.15. The highest BCUT2D eigenvalue weighted by Gasteiger charge is 2.32. The Morgan fingerprint density at radius 1 is 1.08 bits per heavy atom. The molecule has 0 spiro atoms. The Morgan fingerprint density at radius 3 is 2.50 bits per heavy atom. The van der Waals surface area contributed by atoms with Crippen molar-refractivity contribution in [1.29, 1.82) is 0 Å². The fourth-order valence-electron chi connectivity index (χ4n) is 4.90. The molecule has 2 aromatic heterocycles. The molecule has 1 aliphatic rings. The molecule has 0 saturated carbocycles. The largest absolute Gasteiger partial charge is 0.302 e. The number of aldehydes is 1. The second-order valence-electron chi connectivity index (χ2n) is 10.1. The highest BCUT2D eigenvalue weighted by atomic mass is 35.5. The number of thiophene rings is 1. The van der Waals surface area contributed by atoms with Gasteiger partial charge in [0, 0.05) is 26.9 Å². The summed E-state index contributed by atoms with van der Waals surface area (Å²) >= 11 is 7.97. The van der Waals surface area contributed by atoms with Crippen LogP contribution in [0.4, 0.5) is 0 Å². The van der Waals surface area contributed by atoms with Crippen LogP contribution >= 0.6 is 22.9 Å². The smallest absolute Gasteiger partial charge is 0.160 e. The van der Waals surface area contributed by atoms with Crippen LogP contribution in [-0.2, 0) is 22.6 Å². The minimum Gasteiger partial charge on any atom is -0.302 e. The summed E-state index contributed by atoms with van der Waals surface area (Å²) in [4.78, 5) is 31.6. The molecule has 1 aliphatic heterocycles. The summed E-state index contributed by atoms with van der Waals surface area (Å²) in [5.41, 5.74) is 4.46. The number of Topliss-reactive ketones (excluding diaryl/α,β-unsaturated/α-hetero) is 1. The zero-order valence-corrected chi connectivity index (χ0v) is 23.4. The summed E-state index contributed by atoms with van der Waals surface area (Å²) in [5.74, 6) is 0.513. The first-order valence-electron chi connectivity index (χ1n) is 12.7. The van der Waals surface area contributed by atoms with E-state index in [-0.39, 0.29) is 5.78 Å². The number of ketones is 1. The molecule has 0 aliphatic carbocycles. The van der Waals surface area contributed by atoms with Gasteiger partial charge in [0.1, 0.15) is 29.6 Å². The summed E-state index contributed by atoms with van der Waals surface area (Å²) in [6.07, 6.45) is 1.74. The first-order chi connectivity index (χ1) is 18.3. The van der Waals surface area contributed by atoms with Gasteiger partial charge in [0.05, 0.1) is 5.71 Å². The van der Waals surface area contributed by atoms with Crippen LogP contribution in [0.2, 0.25) is 5.02 Å². The van der Waals surface area contributed by atoms with E-state index in [1.54, 1.807) is 0 Å². The van der Waals surface area contributed by atoms with Crippen molar-refractivity contribution in [2.24, 2.45) is 10.9 Å². The van der Waals surface area contributed by atoms with Gasteiger partial charge < -0.3 is 4.79 Å². The van der Waals surface area contributed by atoms with Crippen LogP contribution < -0.4 is 0 Å². The molecule has 0 N–H and O–H groups in total. The summed E-state index contributed by atoms with van der Waals surface area (Å²) in [5, 5.41) is 9.97. The number of fused-ring (bicyclic) bond motifs is 3.